The molecule has 3 aromatic rings. The molecule has 0 spiro atoms. The molecule has 0 fully saturated rings. The molecule has 3 rings (SSSR count). The lowest BCUT2D eigenvalue weighted by molar-refractivity contribution is 0.716. The molecular formula is C15H19N5. The van der Waals surface area contributed by atoms with E-state index >= 15 is 0 Å². The van der Waals surface area contributed by atoms with Crippen LogP contribution in [0.15, 0.2) is 24.3 Å². The normalized spacial score (nSPS) is 11.4. The summed E-state index contributed by atoms with van der Waals surface area (Å²) in [5, 5.41) is 7.63. The van der Waals surface area contributed by atoms with Crippen LogP contribution >= 0.6 is 0 Å². The minimum atomic E-state index is 0.777. The van der Waals surface area contributed by atoms with Crippen LogP contribution in [0.3, 0.4) is 0 Å². The number of fused-ring (bicyclic) bond motifs is 1. The number of nitrogens with zero attached hydrogens (tertiary/aromatic N) is 4. The van der Waals surface area contributed by atoms with E-state index in [-0.39, 0.29) is 0 Å². The average molecular weight is 269 g/mol. The van der Waals surface area contributed by atoms with Crippen LogP contribution in [0.5, 0.6) is 0 Å². The Morgan fingerprint density at radius 1 is 1.20 bits per heavy atom. The monoisotopic (exact) mass is 269 g/mol. The molecule has 5 heteroatoms. The van der Waals surface area contributed by atoms with E-state index in [1.54, 1.807) is 0 Å². The van der Waals surface area contributed by atoms with Gasteiger partial charge >= 0.3 is 0 Å². The minimum Gasteiger partial charge on any atom is -0.331 e. The molecule has 0 radical (unpaired) electrons. The number of aromatic nitrogens is 4. The van der Waals surface area contributed by atoms with Crippen LogP contribution < -0.4 is 5.32 Å². The van der Waals surface area contributed by atoms with Gasteiger partial charge in [0.2, 0.25) is 0 Å². The van der Waals surface area contributed by atoms with E-state index in [1.165, 1.54) is 0 Å². The Balaban J connectivity index is 2.10. The van der Waals surface area contributed by atoms with Crippen molar-refractivity contribution in [3.8, 4) is 11.3 Å². The van der Waals surface area contributed by atoms with E-state index in [0.29, 0.717) is 0 Å². The lowest BCUT2D eigenvalue weighted by Crippen LogP contribution is -2.05. The summed E-state index contributed by atoms with van der Waals surface area (Å²) in [4.78, 5) is 4.59. The number of aryl methyl sites for hydroxylation is 3. The van der Waals surface area contributed by atoms with Gasteiger partial charge in [0.1, 0.15) is 5.82 Å². The fraction of sp³-hybridized carbons (Fsp3) is 0.333. The van der Waals surface area contributed by atoms with Crippen LogP contribution in [-0.2, 0) is 20.6 Å². The van der Waals surface area contributed by atoms with Crippen molar-refractivity contribution in [3.63, 3.8) is 0 Å². The molecule has 5 nitrogen and oxygen atoms in total. The van der Waals surface area contributed by atoms with Crippen molar-refractivity contribution in [1.29, 1.82) is 0 Å². The number of imidazole rings is 1. The maximum atomic E-state index is 4.59. The fourth-order valence-electron chi connectivity index (χ4n) is 2.54. The largest absolute Gasteiger partial charge is 0.331 e. The highest BCUT2D eigenvalue weighted by Gasteiger charge is 2.10. The molecule has 0 aliphatic heterocycles. The quantitative estimate of drug-likeness (QED) is 0.791. The Labute approximate surface area is 118 Å². The molecule has 1 N–H and O–H groups in total. The van der Waals surface area contributed by atoms with Crippen molar-refractivity contribution in [2.75, 3.05) is 7.05 Å². The summed E-state index contributed by atoms with van der Waals surface area (Å²) in [5.74, 6) is 1.03. The predicted molar refractivity (Wildman–Crippen MR) is 80.4 cm³/mol. The number of hydrogen-bond donors (Lipinski definition) is 1. The smallest absolute Gasteiger partial charge is 0.106 e. The Kier molecular flexibility index (Phi) is 3.06. The third-order valence-corrected chi connectivity index (χ3v) is 3.69. The van der Waals surface area contributed by atoms with Gasteiger partial charge in [-0.25, -0.2) is 4.98 Å². The van der Waals surface area contributed by atoms with Crippen molar-refractivity contribution < 1.29 is 0 Å². The van der Waals surface area contributed by atoms with Crippen molar-refractivity contribution in [2.45, 2.75) is 13.5 Å². The van der Waals surface area contributed by atoms with Gasteiger partial charge in [-0.05, 0) is 32.2 Å². The van der Waals surface area contributed by atoms with E-state index in [4.69, 9.17) is 0 Å². The summed E-state index contributed by atoms with van der Waals surface area (Å²) < 4.78 is 4.03. The maximum absolute atomic E-state index is 4.59. The molecule has 0 saturated carbocycles. The topological polar surface area (TPSA) is 47.7 Å². The van der Waals surface area contributed by atoms with Crippen molar-refractivity contribution >= 4 is 11.0 Å². The summed E-state index contributed by atoms with van der Waals surface area (Å²) in [7, 11) is 5.94. The van der Waals surface area contributed by atoms with Gasteiger partial charge in [-0.15, -0.1) is 0 Å². The highest BCUT2D eigenvalue weighted by Crippen LogP contribution is 2.24. The molecule has 2 aromatic heterocycles. The van der Waals surface area contributed by atoms with Gasteiger partial charge in [0, 0.05) is 26.2 Å². The second kappa shape index (κ2) is 4.76. The van der Waals surface area contributed by atoms with Gasteiger partial charge in [0.15, 0.2) is 0 Å². The highest BCUT2D eigenvalue weighted by molar-refractivity contribution is 5.82. The average Bonchev–Trinajstić information content (AvgIpc) is 2.91. The number of hydrogen-bond acceptors (Lipinski definition) is 3. The summed E-state index contributed by atoms with van der Waals surface area (Å²) in [5.41, 5.74) is 5.48. The number of nitrogens with one attached hydrogen (secondary N) is 1. The summed E-state index contributed by atoms with van der Waals surface area (Å²) in [6.45, 7) is 2.80. The summed E-state index contributed by atoms with van der Waals surface area (Å²) in [6, 6.07) is 8.50. The lowest BCUT2D eigenvalue weighted by Gasteiger charge is -2.02. The molecule has 0 saturated heterocycles. The number of rotatable bonds is 3. The Morgan fingerprint density at radius 3 is 2.75 bits per heavy atom. The van der Waals surface area contributed by atoms with Crippen LogP contribution in [-0.4, -0.2) is 26.4 Å². The second-order valence-electron chi connectivity index (χ2n) is 5.10. The van der Waals surface area contributed by atoms with Crippen molar-refractivity contribution in [1.82, 2.24) is 24.6 Å². The molecule has 0 unspecified atom stereocenters. The van der Waals surface area contributed by atoms with Crippen LogP contribution in [0.25, 0.3) is 22.3 Å². The van der Waals surface area contributed by atoms with Crippen molar-refractivity contribution in [2.24, 2.45) is 14.1 Å². The Morgan fingerprint density at radius 2 is 2.00 bits per heavy atom. The Hall–Kier alpha value is -2.14. The number of benzene rings is 1. The first kappa shape index (κ1) is 12.9. The van der Waals surface area contributed by atoms with E-state index in [9.17, 15) is 0 Å². The van der Waals surface area contributed by atoms with E-state index in [0.717, 1.165) is 40.4 Å². The molecule has 0 atom stereocenters. The van der Waals surface area contributed by atoms with Crippen LogP contribution in [0.2, 0.25) is 0 Å². The molecular weight excluding hydrogens is 250 g/mol. The first-order chi connectivity index (χ1) is 9.60. The van der Waals surface area contributed by atoms with Crippen LogP contribution in [0, 0.1) is 6.92 Å². The zero-order valence-electron chi connectivity index (χ0n) is 12.3. The standard InChI is InChI=1S/C15H19N5/c1-10-17-13-7-11(5-6-14(13)19(10)3)15-8-12(9-16-2)18-20(15)4/h5-8,16H,9H2,1-4H3. The maximum Gasteiger partial charge on any atom is 0.106 e. The predicted octanol–water partition coefficient (Wildman–Crippen LogP) is 2.00. The van der Waals surface area contributed by atoms with Gasteiger partial charge in [-0.3, -0.25) is 4.68 Å². The zero-order valence-corrected chi connectivity index (χ0v) is 12.3. The molecule has 2 heterocycles. The molecule has 0 amide bonds. The highest BCUT2D eigenvalue weighted by atomic mass is 15.3. The van der Waals surface area contributed by atoms with E-state index in [1.807, 2.05) is 32.7 Å². The second-order valence-corrected chi connectivity index (χ2v) is 5.10. The first-order valence-electron chi connectivity index (χ1n) is 6.71. The van der Waals surface area contributed by atoms with Crippen LogP contribution in [0.4, 0.5) is 0 Å². The third-order valence-electron chi connectivity index (χ3n) is 3.69. The van der Waals surface area contributed by atoms with Gasteiger partial charge in [-0.2, -0.15) is 5.10 Å². The molecule has 0 bridgehead atoms. The Bertz CT molecular complexity index is 766. The zero-order chi connectivity index (χ0) is 14.3. The van der Waals surface area contributed by atoms with Crippen molar-refractivity contribution in [3.05, 3.63) is 35.8 Å². The first-order valence-corrected chi connectivity index (χ1v) is 6.71. The van der Waals surface area contributed by atoms with Gasteiger partial charge in [0.05, 0.1) is 22.4 Å². The molecule has 20 heavy (non-hydrogen) atoms. The van der Waals surface area contributed by atoms with Gasteiger partial charge in [0.25, 0.3) is 0 Å². The molecule has 1 aromatic carbocycles. The van der Waals surface area contributed by atoms with Gasteiger partial charge < -0.3 is 9.88 Å². The molecule has 104 valence electrons. The molecule has 0 aliphatic carbocycles. The fourth-order valence-corrected chi connectivity index (χ4v) is 2.54. The lowest BCUT2D eigenvalue weighted by atomic mass is 10.1. The van der Waals surface area contributed by atoms with Gasteiger partial charge in [-0.1, -0.05) is 6.07 Å². The summed E-state index contributed by atoms with van der Waals surface area (Å²) >= 11 is 0. The minimum absolute atomic E-state index is 0.777. The van der Waals surface area contributed by atoms with E-state index in [2.05, 4.69) is 44.2 Å². The molecule has 0 aliphatic rings. The van der Waals surface area contributed by atoms with Crippen LogP contribution in [0.1, 0.15) is 11.5 Å². The van der Waals surface area contributed by atoms with E-state index < -0.39 is 0 Å². The SMILES string of the molecule is CNCc1cc(-c2ccc3c(c2)nc(C)n3C)n(C)n1. The summed E-state index contributed by atoms with van der Waals surface area (Å²) in [6.07, 6.45) is 0. The third kappa shape index (κ3) is 2.00.